The average Bonchev–Trinajstić information content (AvgIpc) is 2.84. The van der Waals surface area contributed by atoms with E-state index in [1.807, 2.05) is 0 Å². The quantitative estimate of drug-likeness (QED) is 0.776. The number of nitrogens with two attached hydrogens (primary N) is 1. The summed E-state index contributed by atoms with van der Waals surface area (Å²) in [7, 11) is 0. The van der Waals surface area contributed by atoms with Crippen molar-refractivity contribution in [3.8, 4) is 0 Å². The lowest BCUT2D eigenvalue weighted by atomic mass is 10.1. The van der Waals surface area contributed by atoms with Gasteiger partial charge in [0, 0.05) is 13.1 Å². The monoisotopic (exact) mass is 242 g/mol. The summed E-state index contributed by atoms with van der Waals surface area (Å²) >= 11 is 0. The Morgan fingerprint density at radius 1 is 1.41 bits per heavy atom. The van der Waals surface area contributed by atoms with Crippen LogP contribution in [0.15, 0.2) is 0 Å². The van der Waals surface area contributed by atoms with Gasteiger partial charge in [-0.15, -0.1) is 0 Å². The van der Waals surface area contributed by atoms with E-state index in [9.17, 15) is 0 Å². The zero-order valence-corrected chi connectivity index (χ0v) is 10.9. The van der Waals surface area contributed by atoms with Gasteiger partial charge in [0.15, 0.2) is 0 Å². The molecular weight excluding hydrogens is 216 g/mol. The minimum Gasteiger partial charge on any atom is -0.375 e. The first-order chi connectivity index (χ1) is 8.33. The summed E-state index contributed by atoms with van der Waals surface area (Å²) in [5.74, 6) is 0.570. The molecule has 0 aromatic rings. The van der Waals surface area contributed by atoms with Crippen LogP contribution in [0, 0.1) is 5.92 Å². The number of morpholine rings is 1. The van der Waals surface area contributed by atoms with Gasteiger partial charge >= 0.3 is 0 Å². The van der Waals surface area contributed by atoms with Crippen molar-refractivity contribution in [2.24, 2.45) is 11.7 Å². The van der Waals surface area contributed by atoms with Gasteiger partial charge in [0.2, 0.25) is 0 Å². The summed E-state index contributed by atoms with van der Waals surface area (Å²) in [4.78, 5) is 2.42. The Kier molecular flexibility index (Phi) is 5.22. The molecule has 2 N–H and O–H groups in total. The summed E-state index contributed by atoms with van der Waals surface area (Å²) in [6.45, 7) is 7.71. The predicted octanol–water partition coefficient (Wildman–Crippen LogP) is 0.851. The zero-order valence-electron chi connectivity index (χ0n) is 10.9. The minimum absolute atomic E-state index is 0.253. The van der Waals surface area contributed by atoms with Crippen LogP contribution in [0.3, 0.4) is 0 Å². The third-order valence-electron chi connectivity index (χ3n) is 4.06. The maximum atomic E-state index is 6.01. The van der Waals surface area contributed by atoms with Crippen LogP contribution in [-0.4, -0.2) is 56.5 Å². The topological polar surface area (TPSA) is 47.7 Å². The molecule has 1 aliphatic heterocycles. The second-order valence-corrected chi connectivity index (χ2v) is 5.18. The average molecular weight is 242 g/mol. The standard InChI is InChI=1S/C13H26N2O2/c1-2-15-6-7-16-12(9-15)10-17-13-5-3-4-11(13)8-14/h11-13H,2-10,14H2,1H3. The molecule has 2 fully saturated rings. The van der Waals surface area contributed by atoms with Gasteiger partial charge in [-0.2, -0.15) is 0 Å². The zero-order chi connectivity index (χ0) is 12.1. The van der Waals surface area contributed by atoms with Crippen molar-refractivity contribution in [1.29, 1.82) is 0 Å². The lowest BCUT2D eigenvalue weighted by Gasteiger charge is -2.33. The molecule has 1 aliphatic carbocycles. The molecule has 0 aromatic carbocycles. The van der Waals surface area contributed by atoms with E-state index in [0.29, 0.717) is 12.0 Å². The Hall–Kier alpha value is -0.160. The van der Waals surface area contributed by atoms with E-state index in [-0.39, 0.29) is 6.10 Å². The molecule has 4 nitrogen and oxygen atoms in total. The van der Waals surface area contributed by atoms with Crippen molar-refractivity contribution >= 4 is 0 Å². The van der Waals surface area contributed by atoms with E-state index in [2.05, 4.69) is 11.8 Å². The predicted molar refractivity (Wildman–Crippen MR) is 68.0 cm³/mol. The first-order valence-corrected chi connectivity index (χ1v) is 6.99. The Balaban J connectivity index is 1.70. The molecule has 17 heavy (non-hydrogen) atoms. The van der Waals surface area contributed by atoms with Gasteiger partial charge < -0.3 is 15.2 Å². The van der Waals surface area contributed by atoms with E-state index < -0.39 is 0 Å². The van der Waals surface area contributed by atoms with Crippen molar-refractivity contribution in [1.82, 2.24) is 4.90 Å². The third-order valence-corrected chi connectivity index (χ3v) is 4.06. The smallest absolute Gasteiger partial charge is 0.0935 e. The van der Waals surface area contributed by atoms with Gasteiger partial charge in [-0.05, 0) is 31.8 Å². The van der Waals surface area contributed by atoms with Gasteiger partial charge in [0.1, 0.15) is 0 Å². The van der Waals surface area contributed by atoms with Crippen LogP contribution in [-0.2, 0) is 9.47 Å². The van der Waals surface area contributed by atoms with Crippen molar-refractivity contribution in [2.75, 3.05) is 39.4 Å². The van der Waals surface area contributed by atoms with Gasteiger partial charge in [-0.3, -0.25) is 4.90 Å². The van der Waals surface area contributed by atoms with Gasteiger partial charge in [0.05, 0.1) is 25.4 Å². The molecule has 4 heteroatoms. The number of nitrogens with zero attached hydrogens (tertiary/aromatic N) is 1. The number of hydrogen-bond acceptors (Lipinski definition) is 4. The number of ether oxygens (including phenoxy) is 2. The highest BCUT2D eigenvalue weighted by molar-refractivity contribution is 4.80. The third kappa shape index (κ3) is 3.65. The fourth-order valence-corrected chi connectivity index (χ4v) is 2.89. The molecule has 100 valence electrons. The highest BCUT2D eigenvalue weighted by Crippen LogP contribution is 2.27. The molecular formula is C13H26N2O2. The number of hydrogen-bond donors (Lipinski definition) is 1. The highest BCUT2D eigenvalue weighted by Gasteiger charge is 2.28. The lowest BCUT2D eigenvalue weighted by Crippen LogP contribution is -2.45. The summed E-state index contributed by atoms with van der Waals surface area (Å²) < 4.78 is 11.7. The minimum atomic E-state index is 0.253. The summed E-state index contributed by atoms with van der Waals surface area (Å²) in [6.07, 6.45) is 4.29. The van der Waals surface area contributed by atoms with Crippen molar-refractivity contribution < 1.29 is 9.47 Å². The van der Waals surface area contributed by atoms with Crippen LogP contribution in [0.25, 0.3) is 0 Å². The first kappa shape index (κ1) is 13.3. The van der Waals surface area contributed by atoms with Crippen LogP contribution < -0.4 is 5.73 Å². The summed E-state index contributed by atoms with van der Waals surface area (Å²) in [6, 6.07) is 0. The van der Waals surface area contributed by atoms with Crippen LogP contribution in [0.2, 0.25) is 0 Å². The lowest BCUT2D eigenvalue weighted by molar-refractivity contribution is -0.0892. The Morgan fingerprint density at radius 2 is 2.29 bits per heavy atom. The van der Waals surface area contributed by atoms with Gasteiger partial charge in [0.25, 0.3) is 0 Å². The molecule has 0 aromatic heterocycles. The molecule has 1 saturated heterocycles. The Morgan fingerprint density at radius 3 is 3.06 bits per heavy atom. The number of rotatable bonds is 5. The van der Waals surface area contributed by atoms with Crippen molar-refractivity contribution in [2.45, 2.75) is 38.4 Å². The fourth-order valence-electron chi connectivity index (χ4n) is 2.89. The largest absolute Gasteiger partial charge is 0.375 e. The van der Waals surface area contributed by atoms with Crippen LogP contribution >= 0.6 is 0 Å². The Labute approximate surface area is 104 Å². The summed E-state index contributed by atoms with van der Waals surface area (Å²) in [5, 5.41) is 0. The SMILES string of the molecule is CCN1CCOC(COC2CCCC2CN)C1. The van der Waals surface area contributed by atoms with Crippen molar-refractivity contribution in [3.05, 3.63) is 0 Å². The van der Waals surface area contributed by atoms with E-state index in [4.69, 9.17) is 15.2 Å². The highest BCUT2D eigenvalue weighted by atomic mass is 16.5. The normalized spacial score (nSPS) is 35.3. The van der Waals surface area contributed by atoms with E-state index in [0.717, 1.165) is 39.4 Å². The molecule has 0 amide bonds. The van der Waals surface area contributed by atoms with Gasteiger partial charge in [-0.25, -0.2) is 0 Å². The maximum Gasteiger partial charge on any atom is 0.0935 e. The number of likely N-dealkylation sites (N-methyl/N-ethyl adjacent to an activating group) is 1. The van der Waals surface area contributed by atoms with Crippen molar-refractivity contribution in [3.63, 3.8) is 0 Å². The van der Waals surface area contributed by atoms with Crippen LogP contribution in [0.5, 0.6) is 0 Å². The fraction of sp³-hybridized carbons (Fsp3) is 1.00. The van der Waals surface area contributed by atoms with Crippen LogP contribution in [0.4, 0.5) is 0 Å². The van der Waals surface area contributed by atoms with E-state index >= 15 is 0 Å². The molecule has 0 bridgehead atoms. The summed E-state index contributed by atoms with van der Waals surface area (Å²) in [5.41, 5.74) is 5.76. The van der Waals surface area contributed by atoms with E-state index in [1.165, 1.54) is 19.3 Å². The molecule has 0 radical (unpaired) electrons. The molecule has 0 spiro atoms. The molecule has 2 aliphatic rings. The molecule has 2 rings (SSSR count). The van der Waals surface area contributed by atoms with Crippen LogP contribution in [0.1, 0.15) is 26.2 Å². The second kappa shape index (κ2) is 6.69. The second-order valence-electron chi connectivity index (χ2n) is 5.18. The molecule has 3 unspecified atom stereocenters. The van der Waals surface area contributed by atoms with E-state index in [1.54, 1.807) is 0 Å². The first-order valence-electron chi connectivity index (χ1n) is 6.99. The molecule has 1 saturated carbocycles. The van der Waals surface area contributed by atoms with Gasteiger partial charge in [-0.1, -0.05) is 13.3 Å². The Bertz CT molecular complexity index is 225. The maximum absolute atomic E-state index is 6.01. The molecule has 1 heterocycles. The molecule has 3 atom stereocenters.